The molecule has 2 heterocycles. The predicted molar refractivity (Wildman–Crippen MR) is 100 cm³/mol. The molecule has 0 aliphatic carbocycles. The number of aryl methyl sites for hydroxylation is 2. The van der Waals surface area contributed by atoms with Crippen molar-refractivity contribution < 1.29 is 22.7 Å². The number of benzene rings is 1. The number of esters is 1. The number of alkyl halides is 3. The first-order valence-corrected chi connectivity index (χ1v) is 9.56. The fourth-order valence-corrected chi connectivity index (χ4v) is 3.52. The summed E-state index contributed by atoms with van der Waals surface area (Å²) in [6.07, 6.45) is -0.274. The van der Waals surface area contributed by atoms with Crippen LogP contribution < -0.4 is 0 Å². The third-order valence-corrected chi connectivity index (χ3v) is 5.08. The number of ether oxygens (including phenoxy) is 1. The highest BCUT2D eigenvalue weighted by Gasteiger charge is 2.32. The van der Waals surface area contributed by atoms with Crippen LogP contribution in [-0.2, 0) is 17.7 Å². The Morgan fingerprint density at radius 2 is 1.79 bits per heavy atom. The maximum Gasteiger partial charge on any atom is 0.401 e. The van der Waals surface area contributed by atoms with Crippen molar-refractivity contribution in [2.24, 2.45) is 5.92 Å². The minimum absolute atomic E-state index is 0.112. The van der Waals surface area contributed by atoms with Crippen molar-refractivity contribution in [3.8, 4) is 0 Å². The van der Waals surface area contributed by atoms with E-state index in [0.717, 1.165) is 6.42 Å². The van der Waals surface area contributed by atoms with Gasteiger partial charge >= 0.3 is 12.1 Å². The molecule has 1 aliphatic rings. The molecule has 28 heavy (non-hydrogen) atoms. The number of rotatable bonds is 7. The zero-order valence-corrected chi connectivity index (χ0v) is 15.7. The van der Waals surface area contributed by atoms with Crippen LogP contribution in [0.25, 0.3) is 0 Å². The topological polar surface area (TPSA) is 34.5 Å². The van der Waals surface area contributed by atoms with Crippen LogP contribution in [0.5, 0.6) is 0 Å². The molecule has 1 aromatic carbocycles. The monoisotopic (exact) mass is 394 g/mol. The van der Waals surface area contributed by atoms with E-state index < -0.39 is 12.7 Å². The Labute approximate surface area is 162 Å². The molecule has 0 atom stereocenters. The van der Waals surface area contributed by atoms with E-state index in [1.54, 1.807) is 6.07 Å². The third kappa shape index (κ3) is 6.12. The standard InChI is InChI=1S/C21H25F3N2O2/c22-21(23,24)16-25-12-8-18(9-13-25)15-28-20(27)19-7-4-11-26(19)14-10-17-5-2-1-3-6-17/h1-7,11,18H,8-10,12-16H2. The minimum Gasteiger partial charge on any atom is -0.461 e. The Balaban J connectivity index is 1.44. The van der Waals surface area contributed by atoms with Crippen LogP contribution in [0.1, 0.15) is 28.9 Å². The molecule has 0 spiro atoms. The van der Waals surface area contributed by atoms with Crippen molar-refractivity contribution in [2.45, 2.75) is 32.0 Å². The summed E-state index contributed by atoms with van der Waals surface area (Å²) in [6, 6.07) is 13.6. The van der Waals surface area contributed by atoms with E-state index >= 15 is 0 Å². The van der Waals surface area contributed by atoms with Gasteiger partial charge in [0.1, 0.15) is 5.69 Å². The first kappa shape index (κ1) is 20.5. The van der Waals surface area contributed by atoms with Crippen LogP contribution in [0.4, 0.5) is 13.2 Å². The molecule has 0 bridgehead atoms. The van der Waals surface area contributed by atoms with E-state index in [1.807, 2.05) is 47.2 Å². The minimum atomic E-state index is -4.16. The lowest BCUT2D eigenvalue weighted by Crippen LogP contribution is -2.41. The van der Waals surface area contributed by atoms with Gasteiger partial charge < -0.3 is 9.30 Å². The molecule has 0 unspecified atom stereocenters. The molecule has 3 rings (SSSR count). The fourth-order valence-electron chi connectivity index (χ4n) is 3.52. The van der Waals surface area contributed by atoms with Gasteiger partial charge in [0.05, 0.1) is 13.2 Å². The summed E-state index contributed by atoms with van der Waals surface area (Å²) >= 11 is 0. The number of nitrogens with zero attached hydrogens (tertiary/aromatic N) is 2. The van der Waals surface area contributed by atoms with E-state index in [4.69, 9.17) is 4.74 Å². The molecule has 0 radical (unpaired) electrons. The Morgan fingerprint density at radius 1 is 1.07 bits per heavy atom. The molecule has 0 amide bonds. The molecule has 152 valence electrons. The Kier molecular flexibility index (Phi) is 6.78. The van der Waals surface area contributed by atoms with Crippen molar-refractivity contribution >= 4 is 5.97 Å². The quantitative estimate of drug-likeness (QED) is 0.662. The second-order valence-corrected chi connectivity index (χ2v) is 7.26. The van der Waals surface area contributed by atoms with Gasteiger partial charge in [-0.1, -0.05) is 30.3 Å². The smallest absolute Gasteiger partial charge is 0.401 e. The van der Waals surface area contributed by atoms with Gasteiger partial charge in [-0.25, -0.2) is 4.79 Å². The van der Waals surface area contributed by atoms with Gasteiger partial charge in [-0.3, -0.25) is 4.90 Å². The highest BCUT2D eigenvalue weighted by Crippen LogP contribution is 2.23. The number of aromatic nitrogens is 1. The van der Waals surface area contributed by atoms with E-state index in [-0.39, 0.29) is 18.5 Å². The molecule has 4 nitrogen and oxygen atoms in total. The number of carbonyl (C=O) groups excluding carboxylic acids is 1. The second-order valence-electron chi connectivity index (χ2n) is 7.26. The number of likely N-dealkylation sites (tertiary alicyclic amines) is 1. The maximum atomic E-state index is 12.4. The second kappa shape index (κ2) is 9.28. The van der Waals surface area contributed by atoms with E-state index in [1.165, 1.54) is 10.5 Å². The predicted octanol–water partition coefficient (Wildman–Crippen LogP) is 4.16. The average Bonchev–Trinajstić information content (AvgIpc) is 3.14. The van der Waals surface area contributed by atoms with Gasteiger partial charge in [0, 0.05) is 12.7 Å². The molecule has 1 aromatic heterocycles. The Bertz CT molecular complexity index is 751. The average molecular weight is 394 g/mol. The van der Waals surface area contributed by atoms with Crippen LogP contribution in [-0.4, -0.2) is 47.9 Å². The van der Waals surface area contributed by atoms with Crippen LogP contribution in [0.3, 0.4) is 0 Å². The first-order chi connectivity index (χ1) is 13.4. The lowest BCUT2D eigenvalue weighted by Gasteiger charge is -2.32. The molecule has 2 aromatic rings. The number of carbonyl (C=O) groups is 1. The van der Waals surface area contributed by atoms with Crippen LogP contribution >= 0.6 is 0 Å². The normalized spacial score (nSPS) is 16.2. The Hall–Kier alpha value is -2.28. The lowest BCUT2D eigenvalue weighted by molar-refractivity contribution is -0.148. The lowest BCUT2D eigenvalue weighted by atomic mass is 9.98. The molecule has 1 fully saturated rings. The Morgan fingerprint density at radius 3 is 2.46 bits per heavy atom. The largest absolute Gasteiger partial charge is 0.461 e. The van der Waals surface area contributed by atoms with Crippen molar-refractivity contribution in [3.63, 3.8) is 0 Å². The van der Waals surface area contributed by atoms with Gasteiger partial charge in [-0.2, -0.15) is 13.2 Å². The van der Waals surface area contributed by atoms with Gasteiger partial charge in [-0.15, -0.1) is 0 Å². The van der Waals surface area contributed by atoms with Gasteiger partial charge in [-0.05, 0) is 56.0 Å². The number of hydrogen-bond acceptors (Lipinski definition) is 3. The summed E-state index contributed by atoms with van der Waals surface area (Å²) in [7, 11) is 0. The zero-order valence-electron chi connectivity index (χ0n) is 15.7. The number of hydrogen-bond donors (Lipinski definition) is 0. The molecule has 0 N–H and O–H groups in total. The summed E-state index contributed by atoms with van der Waals surface area (Å²) < 4.78 is 44.7. The van der Waals surface area contributed by atoms with E-state index in [0.29, 0.717) is 38.2 Å². The van der Waals surface area contributed by atoms with Gasteiger partial charge in [0.2, 0.25) is 0 Å². The van der Waals surface area contributed by atoms with E-state index in [9.17, 15) is 18.0 Å². The summed E-state index contributed by atoms with van der Waals surface area (Å²) in [5, 5.41) is 0. The molecular formula is C21H25F3N2O2. The highest BCUT2D eigenvalue weighted by molar-refractivity contribution is 5.87. The highest BCUT2D eigenvalue weighted by atomic mass is 19.4. The molecule has 0 saturated carbocycles. The van der Waals surface area contributed by atoms with Crippen LogP contribution in [0, 0.1) is 5.92 Å². The molecular weight excluding hydrogens is 369 g/mol. The van der Waals surface area contributed by atoms with Crippen LogP contribution in [0.15, 0.2) is 48.7 Å². The van der Waals surface area contributed by atoms with Crippen molar-refractivity contribution in [3.05, 3.63) is 59.9 Å². The number of halogens is 3. The molecule has 1 aliphatic heterocycles. The first-order valence-electron chi connectivity index (χ1n) is 9.56. The summed E-state index contributed by atoms with van der Waals surface area (Å²) in [6.45, 7) is 0.832. The van der Waals surface area contributed by atoms with E-state index in [2.05, 4.69) is 0 Å². The summed E-state index contributed by atoms with van der Waals surface area (Å²) in [5.41, 5.74) is 1.70. The zero-order chi connectivity index (χ0) is 20.0. The number of piperidine rings is 1. The van der Waals surface area contributed by atoms with Crippen molar-refractivity contribution in [2.75, 3.05) is 26.2 Å². The molecule has 1 saturated heterocycles. The fraction of sp³-hybridized carbons (Fsp3) is 0.476. The van der Waals surface area contributed by atoms with Crippen LogP contribution in [0.2, 0.25) is 0 Å². The summed E-state index contributed by atoms with van der Waals surface area (Å²) in [5.74, 6) is -0.267. The summed E-state index contributed by atoms with van der Waals surface area (Å²) in [4.78, 5) is 13.8. The molecule has 7 heteroatoms. The van der Waals surface area contributed by atoms with Gasteiger partial charge in [0.15, 0.2) is 0 Å². The maximum absolute atomic E-state index is 12.4. The van der Waals surface area contributed by atoms with Gasteiger partial charge in [0.25, 0.3) is 0 Å². The van der Waals surface area contributed by atoms with Crippen molar-refractivity contribution in [1.29, 1.82) is 0 Å². The SMILES string of the molecule is O=C(OCC1CCN(CC(F)(F)F)CC1)c1cccn1CCc1ccccc1. The van der Waals surface area contributed by atoms with Crippen molar-refractivity contribution in [1.82, 2.24) is 9.47 Å². The third-order valence-electron chi connectivity index (χ3n) is 5.08.